The molecule has 0 bridgehead atoms. The molecule has 0 spiro atoms. The second kappa shape index (κ2) is 18.7. The molecule has 1 aliphatic rings. The van der Waals surface area contributed by atoms with E-state index in [9.17, 15) is 19.2 Å². The molecule has 0 radical (unpaired) electrons. The van der Waals surface area contributed by atoms with Gasteiger partial charge < -0.3 is 32.5 Å². The molecule has 2 aromatic carbocycles. The lowest BCUT2D eigenvalue weighted by Gasteiger charge is -2.34. The molecule has 0 aliphatic heterocycles. The monoisotopic (exact) mass is 571 g/mol. The van der Waals surface area contributed by atoms with Gasteiger partial charge in [0.25, 0.3) is 0 Å². The molecule has 1 aliphatic carbocycles. The first-order valence-electron chi connectivity index (χ1n) is 14.0. The van der Waals surface area contributed by atoms with Gasteiger partial charge in [-0.3, -0.25) is 19.2 Å². The number of rotatable bonds is 12. The Balaban J connectivity index is 0.000000331. The molecule has 0 aromatic heterocycles. The average Bonchev–Trinajstić information content (AvgIpc) is 2.97. The van der Waals surface area contributed by atoms with Crippen molar-refractivity contribution < 1.29 is 34.5 Å². The zero-order valence-electron chi connectivity index (χ0n) is 23.8. The minimum Gasteiger partial charge on any atom is -0.481 e. The van der Waals surface area contributed by atoms with Crippen LogP contribution in [-0.4, -0.2) is 58.1 Å². The lowest BCUT2D eigenvalue weighted by Crippen LogP contribution is -2.34. The van der Waals surface area contributed by atoms with Gasteiger partial charge in [-0.05, 0) is 62.7 Å². The SMILES string of the molecule is CC(C(=O)O)c1cccc(C(=O)c2ccccc2)c1.NCC1(CC(=O)O)CCCCC1.NCCCC[C@H](N)C(=O)O. The number of hydrogen-bond donors (Lipinski definition) is 6. The van der Waals surface area contributed by atoms with E-state index in [2.05, 4.69) is 0 Å². The lowest BCUT2D eigenvalue weighted by molar-refractivity contribution is -0.140. The van der Waals surface area contributed by atoms with Crippen LogP contribution in [0.1, 0.15) is 92.1 Å². The number of unbranched alkanes of at least 4 members (excludes halogenated alkanes) is 1. The van der Waals surface area contributed by atoms with E-state index < -0.39 is 29.9 Å². The van der Waals surface area contributed by atoms with E-state index in [1.807, 2.05) is 6.07 Å². The van der Waals surface area contributed by atoms with E-state index in [0.29, 0.717) is 36.2 Å². The van der Waals surface area contributed by atoms with Crippen molar-refractivity contribution >= 4 is 23.7 Å². The Kier molecular flexibility index (Phi) is 16.2. The van der Waals surface area contributed by atoms with E-state index >= 15 is 0 Å². The second-order valence-electron chi connectivity index (χ2n) is 10.4. The van der Waals surface area contributed by atoms with Crippen LogP contribution in [0.15, 0.2) is 54.6 Å². The largest absolute Gasteiger partial charge is 0.481 e. The summed E-state index contributed by atoms with van der Waals surface area (Å²) in [6, 6.07) is 15.0. The van der Waals surface area contributed by atoms with Gasteiger partial charge in [0.1, 0.15) is 6.04 Å². The van der Waals surface area contributed by atoms with Crippen molar-refractivity contribution in [2.75, 3.05) is 13.1 Å². The minimum atomic E-state index is -0.933. The summed E-state index contributed by atoms with van der Waals surface area (Å²) in [4.78, 5) is 43.9. The fraction of sp³-hybridized carbons (Fsp3) is 0.484. The standard InChI is InChI=1S/C16H14O3.C9H17NO2.C6H14N2O2/c1-11(16(18)19)13-8-5-9-14(10-13)15(17)12-6-3-2-4-7-12;10-7-9(6-8(11)12)4-2-1-3-5-9;7-4-2-1-3-5(8)6(9)10/h2-11H,1H3,(H,18,19);1-7,10H2,(H,11,12);5H,1-4,7-8H2,(H,9,10)/t;;5-/m..0/s1. The van der Waals surface area contributed by atoms with Gasteiger partial charge >= 0.3 is 17.9 Å². The third-order valence-corrected chi connectivity index (χ3v) is 7.22. The Hall–Kier alpha value is -3.60. The zero-order chi connectivity index (χ0) is 30.8. The number of carboxylic acids is 3. The maximum atomic E-state index is 12.2. The highest BCUT2D eigenvalue weighted by atomic mass is 16.4. The van der Waals surface area contributed by atoms with Crippen LogP contribution < -0.4 is 17.2 Å². The highest BCUT2D eigenvalue weighted by Crippen LogP contribution is 2.38. The summed E-state index contributed by atoms with van der Waals surface area (Å²) in [7, 11) is 0. The van der Waals surface area contributed by atoms with Crippen LogP contribution in [0.25, 0.3) is 0 Å². The molecular weight excluding hydrogens is 526 g/mol. The fourth-order valence-corrected chi connectivity index (χ4v) is 4.56. The number of nitrogens with two attached hydrogens (primary N) is 3. The summed E-state index contributed by atoms with van der Waals surface area (Å²) >= 11 is 0. The first-order valence-corrected chi connectivity index (χ1v) is 14.0. The van der Waals surface area contributed by atoms with Gasteiger partial charge in [-0.2, -0.15) is 0 Å². The first kappa shape index (κ1) is 35.4. The topological polar surface area (TPSA) is 207 Å². The molecule has 0 heterocycles. The maximum absolute atomic E-state index is 12.2. The van der Waals surface area contributed by atoms with E-state index in [4.69, 9.17) is 32.5 Å². The molecule has 226 valence electrons. The molecule has 0 amide bonds. The molecule has 2 aromatic rings. The fourth-order valence-electron chi connectivity index (χ4n) is 4.56. The Morgan fingerprint density at radius 2 is 1.44 bits per heavy atom. The van der Waals surface area contributed by atoms with Crippen molar-refractivity contribution in [2.45, 2.75) is 76.7 Å². The summed E-state index contributed by atoms with van der Waals surface area (Å²) in [5.41, 5.74) is 17.7. The normalized spacial score (nSPS) is 15.1. The molecule has 2 atom stereocenters. The molecule has 10 heteroatoms. The van der Waals surface area contributed by atoms with Crippen LogP contribution in [0.5, 0.6) is 0 Å². The van der Waals surface area contributed by atoms with Crippen molar-refractivity contribution in [2.24, 2.45) is 22.6 Å². The third kappa shape index (κ3) is 13.1. The van der Waals surface area contributed by atoms with E-state index in [-0.39, 0.29) is 17.6 Å². The molecule has 10 nitrogen and oxygen atoms in total. The molecule has 9 N–H and O–H groups in total. The van der Waals surface area contributed by atoms with Gasteiger partial charge in [-0.15, -0.1) is 0 Å². The quantitative estimate of drug-likeness (QED) is 0.159. The predicted octanol–water partition coefficient (Wildman–Crippen LogP) is 4.00. The minimum absolute atomic E-state index is 0.0793. The summed E-state index contributed by atoms with van der Waals surface area (Å²) in [5.74, 6) is -3.26. The molecule has 1 fully saturated rings. The number of carbonyl (C=O) groups is 4. The van der Waals surface area contributed by atoms with Crippen LogP contribution in [0.3, 0.4) is 0 Å². The summed E-state index contributed by atoms with van der Waals surface area (Å²) in [6.07, 6.45) is 7.93. The third-order valence-electron chi connectivity index (χ3n) is 7.22. The highest BCUT2D eigenvalue weighted by molar-refractivity contribution is 6.09. The molecular formula is C31H45N3O7. The molecule has 1 unspecified atom stereocenters. The van der Waals surface area contributed by atoms with Crippen LogP contribution in [0.2, 0.25) is 0 Å². The number of ketones is 1. The Bertz CT molecular complexity index is 1100. The van der Waals surface area contributed by atoms with Gasteiger partial charge in [0.15, 0.2) is 5.78 Å². The van der Waals surface area contributed by atoms with Crippen LogP contribution in [0.4, 0.5) is 0 Å². The number of carboxylic acid groups (broad SMARTS) is 3. The smallest absolute Gasteiger partial charge is 0.320 e. The van der Waals surface area contributed by atoms with Crippen molar-refractivity contribution in [3.63, 3.8) is 0 Å². The van der Waals surface area contributed by atoms with Crippen molar-refractivity contribution in [3.05, 3.63) is 71.3 Å². The Morgan fingerprint density at radius 1 is 0.829 bits per heavy atom. The van der Waals surface area contributed by atoms with Gasteiger partial charge in [-0.25, -0.2) is 0 Å². The zero-order valence-corrected chi connectivity index (χ0v) is 23.8. The molecule has 3 rings (SSSR count). The molecule has 0 saturated heterocycles. The Morgan fingerprint density at radius 3 is 1.95 bits per heavy atom. The van der Waals surface area contributed by atoms with Gasteiger partial charge in [0, 0.05) is 11.1 Å². The van der Waals surface area contributed by atoms with Crippen molar-refractivity contribution in [1.82, 2.24) is 0 Å². The highest BCUT2D eigenvalue weighted by Gasteiger charge is 2.32. The van der Waals surface area contributed by atoms with Crippen molar-refractivity contribution in [3.8, 4) is 0 Å². The number of aliphatic carboxylic acids is 3. The molecule has 41 heavy (non-hydrogen) atoms. The number of carbonyl (C=O) groups excluding carboxylic acids is 1. The number of hydrogen-bond acceptors (Lipinski definition) is 7. The van der Waals surface area contributed by atoms with Gasteiger partial charge in [0.05, 0.1) is 12.3 Å². The van der Waals surface area contributed by atoms with E-state index in [1.165, 1.54) is 6.42 Å². The van der Waals surface area contributed by atoms with Crippen LogP contribution >= 0.6 is 0 Å². The Labute approximate surface area is 241 Å². The summed E-state index contributed by atoms with van der Waals surface area (Å²) in [6.45, 7) is 2.74. The van der Waals surface area contributed by atoms with Gasteiger partial charge in [0.2, 0.25) is 0 Å². The summed E-state index contributed by atoms with van der Waals surface area (Å²) < 4.78 is 0. The lowest BCUT2D eigenvalue weighted by atomic mass is 9.72. The first-order chi connectivity index (χ1) is 19.5. The predicted molar refractivity (Wildman–Crippen MR) is 158 cm³/mol. The van der Waals surface area contributed by atoms with E-state index in [1.54, 1.807) is 55.5 Å². The van der Waals surface area contributed by atoms with Crippen LogP contribution in [-0.2, 0) is 14.4 Å². The van der Waals surface area contributed by atoms with Gasteiger partial charge in [-0.1, -0.05) is 74.2 Å². The maximum Gasteiger partial charge on any atom is 0.320 e. The number of benzene rings is 2. The summed E-state index contributed by atoms with van der Waals surface area (Å²) in [5, 5.41) is 26.0. The van der Waals surface area contributed by atoms with Crippen LogP contribution in [0, 0.1) is 5.41 Å². The average molecular weight is 572 g/mol. The van der Waals surface area contributed by atoms with Crippen molar-refractivity contribution in [1.29, 1.82) is 0 Å². The molecule has 1 saturated carbocycles. The van der Waals surface area contributed by atoms with E-state index in [0.717, 1.165) is 38.5 Å². The second-order valence-corrected chi connectivity index (χ2v) is 10.4.